The quantitative estimate of drug-likeness (QED) is 0.633. The van der Waals surface area contributed by atoms with Crippen molar-refractivity contribution in [3.63, 3.8) is 0 Å². The zero-order chi connectivity index (χ0) is 22.2. The van der Waals surface area contributed by atoms with E-state index in [1.54, 1.807) is 10.7 Å². The van der Waals surface area contributed by atoms with Gasteiger partial charge in [-0.2, -0.15) is 5.10 Å². The van der Waals surface area contributed by atoms with Crippen LogP contribution in [0.3, 0.4) is 0 Å². The molecular weight excluding hydrogens is 410 g/mol. The third-order valence-corrected chi connectivity index (χ3v) is 7.46. The normalized spacial score (nSPS) is 17.7. The number of aryl methyl sites for hydroxylation is 1. The summed E-state index contributed by atoms with van der Waals surface area (Å²) in [5.41, 5.74) is 4.95. The highest BCUT2D eigenvalue weighted by Gasteiger charge is 2.32. The summed E-state index contributed by atoms with van der Waals surface area (Å²) in [6.45, 7) is 6.25. The van der Waals surface area contributed by atoms with Gasteiger partial charge in [0, 0.05) is 5.69 Å². The van der Waals surface area contributed by atoms with E-state index in [1.807, 2.05) is 55.5 Å². The van der Waals surface area contributed by atoms with Crippen LogP contribution in [0, 0.1) is 6.92 Å². The predicted molar refractivity (Wildman–Crippen MR) is 123 cm³/mol. The highest BCUT2D eigenvalue weighted by Crippen LogP contribution is 2.30. The molecule has 0 aliphatic carbocycles. The van der Waals surface area contributed by atoms with Crippen LogP contribution >= 0.6 is 0 Å². The summed E-state index contributed by atoms with van der Waals surface area (Å²) < 4.78 is 25.8. The van der Waals surface area contributed by atoms with Crippen molar-refractivity contribution in [3.05, 3.63) is 71.4 Å². The average molecular weight is 438 g/mol. The Morgan fingerprint density at radius 3 is 2.35 bits per heavy atom. The van der Waals surface area contributed by atoms with E-state index in [-0.39, 0.29) is 29.1 Å². The van der Waals surface area contributed by atoms with Crippen molar-refractivity contribution in [3.8, 4) is 11.3 Å². The van der Waals surface area contributed by atoms with E-state index in [4.69, 9.17) is 0 Å². The maximum atomic E-state index is 12.9. The van der Waals surface area contributed by atoms with Crippen molar-refractivity contribution in [2.45, 2.75) is 39.2 Å². The number of sulfone groups is 1. The Kier molecular flexibility index (Phi) is 5.71. The van der Waals surface area contributed by atoms with Crippen LogP contribution in [0.1, 0.15) is 53.8 Å². The average Bonchev–Trinajstić information content (AvgIpc) is 3.32. The number of carbonyl (C=O) groups excluding carboxylic acids is 1. The summed E-state index contributed by atoms with van der Waals surface area (Å²) in [5, 5.41) is 7.44. The van der Waals surface area contributed by atoms with Gasteiger partial charge in [-0.25, -0.2) is 8.42 Å². The Bertz CT molecular complexity index is 1190. The summed E-state index contributed by atoms with van der Waals surface area (Å²) in [7, 11) is -3.08. The van der Waals surface area contributed by atoms with Gasteiger partial charge >= 0.3 is 0 Å². The molecule has 3 aromatic rings. The standard InChI is InChI=1S/C24H27N3O3S/c1-16(2)18-8-10-20(11-9-18)25-24(28)22-14-23(19-6-4-17(3)5-7-19)27(26-22)21-12-13-31(29,30)15-21/h4-11,14,16,21H,12-13,15H2,1-3H3,(H,25,28)/t21-/m1/s1. The summed E-state index contributed by atoms with van der Waals surface area (Å²) in [5.74, 6) is 0.297. The molecule has 1 N–H and O–H groups in total. The van der Waals surface area contributed by atoms with Gasteiger partial charge in [-0.15, -0.1) is 0 Å². The van der Waals surface area contributed by atoms with Gasteiger partial charge < -0.3 is 5.32 Å². The van der Waals surface area contributed by atoms with Gasteiger partial charge in [0.2, 0.25) is 0 Å². The molecule has 0 spiro atoms. The summed E-state index contributed by atoms with van der Waals surface area (Å²) in [6, 6.07) is 17.2. The highest BCUT2D eigenvalue weighted by molar-refractivity contribution is 7.91. The van der Waals surface area contributed by atoms with Gasteiger partial charge in [0.15, 0.2) is 15.5 Å². The van der Waals surface area contributed by atoms with Gasteiger partial charge in [-0.1, -0.05) is 55.8 Å². The molecule has 1 aromatic heterocycles. The van der Waals surface area contributed by atoms with Crippen molar-refractivity contribution in [2.24, 2.45) is 0 Å². The molecule has 1 fully saturated rings. The fourth-order valence-corrected chi connectivity index (χ4v) is 5.53. The highest BCUT2D eigenvalue weighted by atomic mass is 32.2. The van der Waals surface area contributed by atoms with Crippen molar-refractivity contribution in [2.75, 3.05) is 16.8 Å². The summed E-state index contributed by atoms with van der Waals surface area (Å²) in [4.78, 5) is 12.9. The summed E-state index contributed by atoms with van der Waals surface area (Å²) >= 11 is 0. The first-order valence-electron chi connectivity index (χ1n) is 10.5. The number of hydrogen-bond acceptors (Lipinski definition) is 4. The van der Waals surface area contributed by atoms with Gasteiger partial charge in [0.05, 0.1) is 23.2 Å². The first kappa shape index (κ1) is 21.3. The maximum Gasteiger partial charge on any atom is 0.276 e. The first-order valence-corrected chi connectivity index (χ1v) is 12.3. The second-order valence-electron chi connectivity index (χ2n) is 8.51. The van der Waals surface area contributed by atoms with E-state index < -0.39 is 9.84 Å². The largest absolute Gasteiger partial charge is 0.321 e. The molecule has 0 bridgehead atoms. The monoisotopic (exact) mass is 437 g/mol. The second-order valence-corrected chi connectivity index (χ2v) is 10.7. The van der Waals surface area contributed by atoms with Crippen molar-refractivity contribution < 1.29 is 13.2 Å². The molecule has 0 unspecified atom stereocenters. The number of nitrogens with one attached hydrogen (secondary N) is 1. The van der Waals surface area contributed by atoms with Crippen LogP contribution in [-0.4, -0.2) is 35.6 Å². The SMILES string of the molecule is Cc1ccc(-c2cc(C(=O)Nc3ccc(C(C)C)cc3)nn2[C@@H]2CCS(=O)(=O)C2)cc1. The molecule has 31 heavy (non-hydrogen) atoms. The number of amides is 1. The Morgan fingerprint density at radius 1 is 1.10 bits per heavy atom. The van der Waals surface area contributed by atoms with Gasteiger partial charge in [0.25, 0.3) is 5.91 Å². The van der Waals surface area contributed by atoms with E-state index in [2.05, 4.69) is 24.3 Å². The third kappa shape index (κ3) is 4.71. The van der Waals surface area contributed by atoms with Crippen molar-refractivity contribution >= 4 is 21.4 Å². The van der Waals surface area contributed by atoms with Crippen LogP contribution in [-0.2, 0) is 9.84 Å². The van der Waals surface area contributed by atoms with E-state index in [9.17, 15) is 13.2 Å². The minimum Gasteiger partial charge on any atom is -0.321 e. The van der Waals surface area contributed by atoms with Crippen molar-refractivity contribution in [1.29, 1.82) is 0 Å². The first-order chi connectivity index (χ1) is 14.7. The van der Waals surface area contributed by atoms with Crippen LogP contribution in [0.4, 0.5) is 5.69 Å². The molecule has 0 radical (unpaired) electrons. The molecule has 6 nitrogen and oxygen atoms in total. The van der Waals surface area contributed by atoms with Gasteiger partial charge in [-0.3, -0.25) is 9.48 Å². The molecule has 1 amide bonds. The molecule has 1 saturated heterocycles. The van der Waals surface area contributed by atoms with Crippen LogP contribution in [0.2, 0.25) is 0 Å². The lowest BCUT2D eigenvalue weighted by Crippen LogP contribution is -2.16. The van der Waals surface area contributed by atoms with Crippen molar-refractivity contribution in [1.82, 2.24) is 9.78 Å². The molecule has 2 heterocycles. The Hall–Kier alpha value is -2.93. The predicted octanol–water partition coefficient (Wildman–Crippen LogP) is 4.59. The zero-order valence-corrected chi connectivity index (χ0v) is 18.8. The lowest BCUT2D eigenvalue weighted by Gasteiger charge is -2.13. The molecule has 1 aliphatic heterocycles. The zero-order valence-electron chi connectivity index (χ0n) is 18.0. The number of hydrogen-bond donors (Lipinski definition) is 1. The number of benzene rings is 2. The van der Waals surface area contributed by atoms with Gasteiger partial charge in [-0.05, 0) is 48.6 Å². The molecule has 2 aromatic carbocycles. The van der Waals surface area contributed by atoms with Crippen LogP contribution in [0.25, 0.3) is 11.3 Å². The minimum absolute atomic E-state index is 0.0469. The number of aromatic nitrogens is 2. The number of nitrogens with zero attached hydrogens (tertiary/aromatic N) is 2. The Labute approximate surface area is 183 Å². The summed E-state index contributed by atoms with van der Waals surface area (Å²) in [6.07, 6.45) is 0.501. The molecule has 1 aliphatic rings. The smallest absolute Gasteiger partial charge is 0.276 e. The van der Waals surface area contributed by atoms with E-state index in [1.165, 1.54) is 5.56 Å². The van der Waals surface area contributed by atoms with E-state index in [0.717, 1.165) is 16.8 Å². The molecule has 162 valence electrons. The minimum atomic E-state index is -3.08. The molecule has 7 heteroatoms. The number of carbonyl (C=O) groups is 1. The third-order valence-electron chi connectivity index (χ3n) is 5.71. The van der Waals surface area contributed by atoms with Gasteiger partial charge in [0.1, 0.15) is 0 Å². The lowest BCUT2D eigenvalue weighted by molar-refractivity contribution is 0.102. The Balaban J connectivity index is 1.65. The van der Waals surface area contributed by atoms with E-state index >= 15 is 0 Å². The molecule has 4 rings (SSSR count). The number of anilines is 1. The molecule has 0 saturated carbocycles. The van der Waals surface area contributed by atoms with Crippen LogP contribution in [0.5, 0.6) is 0 Å². The fourth-order valence-electron chi connectivity index (χ4n) is 3.84. The fraction of sp³-hybridized carbons (Fsp3) is 0.333. The topological polar surface area (TPSA) is 81.1 Å². The van der Waals surface area contributed by atoms with Crippen LogP contribution < -0.4 is 5.32 Å². The van der Waals surface area contributed by atoms with Crippen LogP contribution in [0.15, 0.2) is 54.6 Å². The molecular formula is C24H27N3O3S. The lowest BCUT2D eigenvalue weighted by atomic mass is 10.0. The molecule has 1 atom stereocenters. The Morgan fingerprint density at radius 2 is 1.77 bits per heavy atom. The number of rotatable bonds is 5. The van der Waals surface area contributed by atoms with E-state index in [0.29, 0.717) is 18.0 Å². The second kappa shape index (κ2) is 8.30. The maximum absolute atomic E-state index is 12.9.